The summed E-state index contributed by atoms with van der Waals surface area (Å²) >= 11 is 0. The summed E-state index contributed by atoms with van der Waals surface area (Å²) in [6, 6.07) is 18.0. The van der Waals surface area contributed by atoms with E-state index in [1.807, 2.05) is 47.0 Å². The van der Waals surface area contributed by atoms with Crippen molar-refractivity contribution in [3.05, 3.63) is 94.3 Å². The van der Waals surface area contributed by atoms with Crippen LogP contribution in [0.3, 0.4) is 0 Å². The number of nitrogens with two attached hydrogens (primary N) is 1. The van der Waals surface area contributed by atoms with Crippen LogP contribution in [-0.4, -0.2) is 15.3 Å². The van der Waals surface area contributed by atoms with Crippen LogP contribution in [0.5, 0.6) is 0 Å². The van der Waals surface area contributed by atoms with Crippen molar-refractivity contribution in [2.45, 2.75) is 45.7 Å². The number of amides is 1. The predicted octanol–water partition coefficient (Wildman–Crippen LogP) is 4.96. The summed E-state index contributed by atoms with van der Waals surface area (Å²) in [4.78, 5) is 18.1. The van der Waals surface area contributed by atoms with E-state index in [-0.39, 0.29) is 5.91 Å². The zero-order valence-electron chi connectivity index (χ0n) is 19.1. The Morgan fingerprint density at radius 2 is 1.79 bits per heavy atom. The maximum atomic E-state index is 13.1. The Labute approximate surface area is 193 Å². The number of nitrogens with zero attached hydrogens (tertiary/aromatic N) is 2. The molecule has 33 heavy (non-hydrogen) atoms. The van der Waals surface area contributed by atoms with Gasteiger partial charge in [0, 0.05) is 30.9 Å². The highest BCUT2D eigenvalue weighted by molar-refractivity contribution is 6.00. The molecule has 1 saturated carbocycles. The number of aryl methyl sites for hydroxylation is 2. The number of carbonyl (C=O) groups is 1. The number of fused-ring (bicyclic) bond motifs is 1. The van der Waals surface area contributed by atoms with Crippen LogP contribution in [0.4, 0.5) is 11.5 Å². The Morgan fingerprint density at radius 1 is 1.06 bits per heavy atom. The molecule has 0 atom stereocenters. The standard InChI is InChI=1S/C27H29N5O/c1-17-6-3-7-18(2)23(17)30-26-24(21-11-12-21)31-25-22(10-5-13-32(25)26)27(33)29-16-20-9-4-8-19(14-20)15-28/h3-10,13-14,21,30H,11-12,15-16,28H2,1-2H3,(H,29,33). The third-order valence-electron chi connectivity index (χ3n) is 6.29. The van der Waals surface area contributed by atoms with Crippen molar-refractivity contribution >= 4 is 23.1 Å². The summed E-state index contributed by atoms with van der Waals surface area (Å²) < 4.78 is 2.02. The number of nitrogens with one attached hydrogen (secondary N) is 2. The molecule has 0 bridgehead atoms. The Morgan fingerprint density at radius 3 is 2.52 bits per heavy atom. The first-order valence-electron chi connectivity index (χ1n) is 11.5. The van der Waals surface area contributed by atoms with Gasteiger partial charge in [-0.25, -0.2) is 4.98 Å². The normalized spacial score (nSPS) is 13.3. The van der Waals surface area contributed by atoms with Gasteiger partial charge in [0.2, 0.25) is 0 Å². The van der Waals surface area contributed by atoms with Gasteiger partial charge < -0.3 is 16.4 Å². The lowest BCUT2D eigenvalue weighted by Gasteiger charge is -2.14. The molecule has 4 aromatic rings. The fourth-order valence-corrected chi connectivity index (χ4v) is 4.30. The lowest BCUT2D eigenvalue weighted by Crippen LogP contribution is -2.23. The quantitative estimate of drug-likeness (QED) is 0.380. The molecule has 0 radical (unpaired) electrons. The lowest BCUT2D eigenvalue weighted by molar-refractivity contribution is 0.0952. The highest BCUT2D eigenvalue weighted by atomic mass is 16.1. The molecule has 6 heteroatoms. The maximum absolute atomic E-state index is 13.1. The van der Waals surface area contributed by atoms with Gasteiger partial charge in [0.25, 0.3) is 5.91 Å². The van der Waals surface area contributed by atoms with E-state index in [4.69, 9.17) is 10.7 Å². The molecule has 168 valence electrons. The van der Waals surface area contributed by atoms with Gasteiger partial charge in [0.1, 0.15) is 5.82 Å². The number of imidazole rings is 1. The summed E-state index contributed by atoms with van der Waals surface area (Å²) in [6.45, 7) is 5.13. The van der Waals surface area contributed by atoms with Gasteiger partial charge >= 0.3 is 0 Å². The third-order valence-corrected chi connectivity index (χ3v) is 6.29. The third kappa shape index (κ3) is 4.22. The molecule has 1 amide bonds. The van der Waals surface area contributed by atoms with Crippen LogP contribution >= 0.6 is 0 Å². The second-order valence-electron chi connectivity index (χ2n) is 8.83. The van der Waals surface area contributed by atoms with Crippen molar-refractivity contribution in [1.82, 2.24) is 14.7 Å². The van der Waals surface area contributed by atoms with E-state index in [1.54, 1.807) is 0 Å². The lowest BCUT2D eigenvalue weighted by atomic mass is 10.1. The minimum absolute atomic E-state index is 0.135. The molecule has 2 heterocycles. The Kier molecular flexibility index (Phi) is 5.60. The zero-order valence-corrected chi connectivity index (χ0v) is 19.1. The number of benzene rings is 2. The van der Waals surface area contributed by atoms with E-state index < -0.39 is 0 Å². The molecule has 1 fully saturated rings. The van der Waals surface area contributed by atoms with Crippen molar-refractivity contribution in [1.29, 1.82) is 0 Å². The number of hydrogen-bond donors (Lipinski definition) is 3. The largest absolute Gasteiger partial charge is 0.348 e. The number of hydrogen-bond acceptors (Lipinski definition) is 4. The molecule has 2 aromatic heterocycles. The van der Waals surface area contributed by atoms with Gasteiger partial charge in [0.05, 0.1) is 11.3 Å². The van der Waals surface area contributed by atoms with E-state index in [0.717, 1.165) is 41.2 Å². The van der Waals surface area contributed by atoms with Crippen molar-refractivity contribution in [3.8, 4) is 0 Å². The van der Waals surface area contributed by atoms with E-state index >= 15 is 0 Å². The van der Waals surface area contributed by atoms with Gasteiger partial charge in [-0.3, -0.25) is 9.20 Å². The molecule has 2 aromatic carbocycles. The Hall–Kier alpha value is -3.64. The van der Waals surface area contributed by atoms with Gasteiger partial charge in [-0.2, -0.15) is 0 Å². The second-order valence-corrected chi connectivity index (χ2v) is 8.83. The van der Waals surface area contributed by atoms with Gasteiger partial charge in [-0.15, -0.1) is 0 Å². The van der Waals surface area contributed by atoms with Gasteiger partial charge in [0.15, 0.2) is 5.65 Å². The first-order valence-corrected chi connectivity index (χ1v) is 11.5. The van der Waals surface area contributed by atoms with Crippen molar-refractivity contribution in [2.24, 2.45) is 5.73 Å². The molecular weight excluding hydrogens is 410 g/mol. The number of anilines is 2. The summed E-state index contributed by atoms with van der Waals surface area (Å²) in [5.74, 6) is 1.26. The highest BCUT2D eigenvalue weighted by Crippen LogP contribution is 2.44. The molecule has 0 spiro atoms. The van der Waals surface area contributed by atoms with Gasteiger partial charge in [-0.05, 0) is 61.1 Å². The molecule has 0 saturated heterocycles. The molecule has 1 aliphatic rings. The summed E-state index contributed by atoms with van der Waals surface area (Å²) in [6.07, 6.45) is 4.24. The van der Waals surface area contributed by atoms with Crippen LogP contribution in [0.1, 0.15) is 57.1 Å². The SMILES string of the molecule is Cc1cccc(C)c1Nc1c(C2CC2)nc2c(C(=O)NCc3cccc(CN)c3)cccn12. The van der Waals surface area contributed by atoms with Crippen LogP contribution in [0.25, 0.3) is 5.65 Å². The van der Waals surface area contributed by atoms with E-state index in [0.29, 0.717) is 30.2 Å². The number of aromatic nitrogens is 2. The average Bonchev–Trinajstić information content (AvgIpc) is 3.61. The smallest absolute Gasteiger partial charge is 0.255 e. The number of para-hydroxylation sites is 1. The summed E-state index contributed by atoms with van der Waals surface area (Å²) in [5, 5.41) is 6.69. The van der Waals surface area contributed by atoms with Gasteiger partial charge in [-0.1, -0.05) is 42.5 Å². The van der Waals surface area contributed by atoms with Crippen molar-refractivity contribution in [3.63, 3.8) is 0 Å². The van der Waals surface area contributed by atoms with Crippen LogP contribution in [0, 0.1) is 13.8 Å². The summed E-state index contributed by atoms with van der Waals surface area (Å²) in [5.41, 5.74) is 13.6. The predicted molar refractivity (Wildman–Crippen MR) is 132 cm³/mol. The number of carbonyl (C=O) groups excluding carboxylic acids is 1. The second kappa shape index (κ2) is 8.71. The van der Waals surface area contributed by atoms with Crippen molar-refractivity contribution < 1.29 is 4.79 Å². The molecule has 0 unspecified atom stereocenters. The zero-order chi connectivity index (χ0) is 22.9. The molecule has 0 aliphatic heterocycles. The van der Waals surface area contributed by atoms with E-state index in [2.05, 4.69) is 42.7 Å². The fraction of sp³-hybridized carbons (Fsp3) is 0.259. The first-order chi connectivity index (χ1) is 16.0. The number of pyridine rings is 1. The first kappa shape index (κ1) is 21.2. The van der Waals surface area contributed by atoms with E-state index in [1.165, 1.54) is 11.1 Å². The molecule has 1 aliphatic carbocycles. The van der Waals surface area contributed by atoms with Crippen LogP contribution in [0.2, 0.25) is 0 Å². The summed E-state index contributed by atoms with van der Waals surface area (Å²) in [7, 11) is 0. The monoisotopic (exact) mass is 439 g/mol. The average molecular weight is 440 g/mol. The Balaban J connectivity index is 1.48. The van der Waals surface area contributed by atoms with Crippen LogP contribution in [-0.2, 0) is 13.1 Å². The minimum Gasteiger partial charge on any atom is -0.348 e. The van der Waals surface area contributed by atoms with Crippen molar-refractivity contribution in [2.75, 3.05) is 5.32 Å². The van der Waals surface area contributed by atoms with E-state index in [9.17, 15) is 4.79 Å². The Bertz CT molecular complexity index is 1320. The highest BCUT2D eigenvalue weighted by Gasteiger charge is 2.31. The number of rotatable bonds is 7. The molecule has 6 nitrogen and oxygen atoms in total. The molecular formula is C27H29N5O. The maximum Gasteiger partial charge on any atom is 0.255 e. The van der Waals surface area contributed by atoms with Crippen LogP contribution < -0.4 is 16.4 Å². The topological polar surface area (TPSA) is 84.5 Å². The molecule has 5 rings (SSSR count). The minimum atomic E-state index is -0.135. The van der Waals surface area contributed by atoms with Crippen LogP contribution in [0.15, 0.2) is 60.8 Å². The molecule has 4 N–H and O–H groups in total. The fourth-order valence-electron chi connectivity index (χ4n) is 4.30.